The molecule has 6 rings (SSSR count). The first-order chi connectivity index (χ1) is 40.6. The van der Waals surface area contributed by atoms with Gasteiger partial charge >= 0.3 is 18.0 Å². The van der Waals surface area contributed by atoms with Crippen LogP contribution < -0.4 is 52.4 Å². The van der Waals surface area contributed by atoms with Gasteiger partial charge in [0.15, 0.2) is 12.6 Å². The molecule has 0 spiro atoms. The Hall–Kier alpha value is -5.57. The zero-order chi connectivity index (χ0) is 61.1. The largest absolute Gasteiger partial charge is 0.493 e. The van der Waals surface area contributed by atoms with Crippen molar-refractivity contribution in [1.29, 1.82) is 0 Å². The number of urea groups is 2. The minimum Gasteiger partial charge on any atom is -0.493 e. The molecule has 0 saturated carbocycles. The van der Waals surface area contributed by atoms with Gasteiger partial charge in [0.05, 0.1) is 95.8 Å². The molecule has 30 heteroatoms. The number of benzene rings is 2. The van der Waals surface area contributed by atoms with Crippen molar-refractivity contribution in [2.24, 2.45) is 5.73 Å². The van der Waals surface area contributed by atoms with Crippen LogP contribution in [0.1, 0.15) is 107 Å². The Morgan fingerprint density at radius 2 is 1.06 bits per heavy atom. The second-order valence-corrected chi connectivity index (χ2v) is 23.3. The van der Waals surface area contributed by atoms with Crippen LogP contribution in [0.25, 0.3) is 0 Å². The Labute approximate surface area is 500 Å². The minimum absolute atomic E-state index is 0.00284. The number of amides is 7. The number of ketones is 2. The Bertz CT molecular complexity index is 2480. The molecule has 25 nitrogen and oxygen atoms in total. The highest BCUT2D eigenvalue weighted by atomic mass is 32.2. The van der Waals surface area contributed by atoms with E-state index in [1.165, 1.54) is 30.3 Å². The minimum atomic E-state index is -2.46. The number of fused-ring (bicyclic) bond motifs is 2. The summed E-state index contributed by atoms with van der Waals surface area (Å²) in [6.45, 7) is 9.19. The van der Waals surface area contributed by atoms with E-state index in [9.17, 15) is 52.1 Å². The van der Waals surface area contributed by atoms with E-state index in [0.717, 1.165) is 56.1 Å². The fourth-order valence-electron chi connectivity index (χ4n) is 8.84. The second-order valence-electron chi connectivity index (χ2n) is 18.8. The topological polar surface area (TPSA) is 346 Å². The number of ether oxygens (including phenoxy) is 6. The molecule has 0 aromatic heterocycles. The third-order valence-corrected chi connectivity index (χ3v) is 16.5. The Balaban J connectivity index is 0.000000294. The molecule has 2 aromatic rings. The summed E-state index contributed by atoms with van der Waals surface area (Å²) in [5.74, 6) is -0.427. The van der Waals surface area contributed by atoms with Crippen LogP contribution in [0.4, 0.5) is 13.8 Å². The smallest absolute Gasteiger partial charge is 0.346 e. The van der Waals surface area contributed by atoms with Gasteiger partial charge < -0.3 is 75.9 Å². The first-order valence-electron chi connectivity index (χ1n) is 27.8. The molecule has 4 aliphatic rings. The van der Waals surface area contributed by atoms with Crippen molar-refractivity contribution in [1.82, 2.24) is 37.2 Å². The van der Waals surface area contributed by atoms with E-state index in [-0.39, 0.29) is 108 Å². The summed E-state index contributed by atoms with van der Waals surface area (Å²) in [6, 6.07) is 8.94. The lowest BCUT2D eigenvalue weighted by atomic mass is 10.0. The first-order valence-corrected chi connectivity index (χ1v) is 32.6. The van der Waals surface area contributed by atoms with Crippen LogP contribution in [0, 0.1) is 0 Å². The van der Waals surface area contributed by atoms with E-state index in [0.29, 0.717) is 102 Å². The van der Waals surface area contributed by atoms with Crippen LogP contribution in [0.5, 0.6) is 11.5 Å². The predicted molar refractivity (Wildman–Crippen MR) is 318 cm³/mol. The summed E-state index contributed by atoms with van der Waals surface area (Å²) in [5, 5.41) is 21.1. The van der Waals surface area contributed by atoms with Crippen molar-refractivity contribution < 1.29 is 85.1 Å². The van der Waals surface area contributed by atoms with Crippen LogP contribution >= 0.6 is 40.6 Å². The van der Waals surface area contributed by atoms with Gasteiger partial charge in [-0.05, 0) is 84.9 Å². The maximum Gasteiger partial charge on any atom is 0.346 e. The highest BCUT2D eigenvalue weighted by Gasteiger charge is 2.43. The molecule has 9 N–H and O–H groups in total. The summed E-state index contributed by atoms with van der Waals surface area (Å²) in [5.41, 5.74) is 5.50. The molecule has 4 saturated heterocycles. The van der Waals surface area contributed by atoms with Gasteiger partial charge in [-0.2, -0.15) is 27.7 Å². The van der Waals surface area contributed by atoms with Crippen LogP contribution in [0.3, 0.4) is 0 Å². The van der Waals surface area contributed by atoms with Crippen molar-refractivity contribution in [2.45, 2.75) is 99.9 Å². The molecule has 8 atom stereocenters. The number of rotatable bonds is 38. The average Bonchev–Trinajstić information content (AvgIpc) is 3.09. The number of hydrogen-bond acceptors (Lipinski definition) is 20. The number of thioether (sulfide) groups is 2. The number of halogens is 1. The van der Waals surface area contributed by atoms with Gasteiger partial charge in [-0.3, -0.25) is 33.6 Å². The predicted octanol–water partition coefficient (Wildman–Crippen LogP) is 3.59. The van der Waals surface area contributed by atoms with Gasteiger partial charge in [-0.1, -0.05) is 12.8 Å². The molecule has 2 aromatic carbocycles. The van der Waals surface area contributed by atoms with Crippen molar-refractivity contribution in [3.05, 3.63) is 58.7 Å². The van der Waals surface area contributed by atoms with E-state index < -0.39 is 31.6 Å². The lowest BCUT2D eigenvalue weighted by Gasteiger charge is -2.16. The van der Waals surface area contributed by atoms with Gasteiger partial charge in [0.2, 0.25) is 23.4 Å². The summed E-state index contributed by atoms with van der Waals surface area (Å²) < 4.78 is 49.2. The number of unbranched alkanes of at least 4 members (excludes halogenated alkanes) is 2. The molecule has 0 radical (unpaired) electrons. The highest BCUT2D eigenvalue weighted by molar-refractivity contribution is 8.08. The SMILES string of the molecule is CCOc1ccc(C(=O)C=O)cc1C(=O)NCCOCCOCCNC(=O)CCCCC1SCC2NC(=O)NC21.CCOc1ccc(C(=O)C=O)cc1C(=O)OP(F)P.NCCOCCOCCNC(=O)CCCCC1SCC2NC(=O)NC21. The number of nitrogens with one attached hydrogen (secondary N) is 7. The fraction of sp³-hybridized carbons (Fsp3) is 0.593. The zero-order valence-corrected chi connectivity index (χ0v) is 51.0. The average molecular weight is 1260 g/mol. The molecule has 84 heavy (non-hydrogen) atoms. The second kappa shape index (κ2) is 40.7. The lowest BCUT2D eigenvalue weighted by Crippen LogP contribution is -2.36. The fourth-order valence-corrected chi connectivity index (χ4v) is 12.5. The van der Waals surface area contributed by atoms with Crippen molar-refractivity contribution >= 4 is 100 Å². The number of carbonyl (C=O) groups excluding carboxylic acids is 10. The van der Waals surface area contributed by atoms with Gasteiger partial charge in [0.25, 0.3) is 14.1 Å². The number of hydrogen-bond donors (Lipinski definition) is 8. The van der Waals surface area contributed by atoms with E-state index in [1.807, 2.05) is 23.5 Å². The van der Waals surface area contributed by atoms with E-state index in [2.05, 4.69) is 41.7 Å². The van der Waals surface area contributed by atoms with Gasteiger partial charge in [-0.15, -0.1) is 0 Å². The number of nitrogens with two attached hydrogens (primary N) is 1. The maximum atomic E-state index is 12.7. The van der Waals surface area contributed by atoms with Crippen LogP contribution in [-0.4, -0.2) is 198 Å². The third kappa shape index (κ3) is 26.0. The zero-order valence-electron chi connectivity index (χ0n) is 47.3. The van der Waals surface area contributed by atoms with Crippen molar-refractivity contribution in [3.63, 3.8) is 0 Å². The molecule has 4 aliphatic heterocycles. The number of aldehydes is 2. The van der Waals surface area contributed by atoms with Crippen molar-refractivity contribution in [3.8, 4) is 11.5 Å². The van der Waals surface area contributed by atoms with Gasteiger partial charge in [-0.25, -0.2) is 14.4 Å². The molecule has 0 aliphatic carbocycles. The van der Waals surface area contributed by atoms with Crippen LogP contribution in [-0.2, 0) is 42.6 Å². The van der Waals surface area contributed by atoms with Crippen LogP contribution in [0.2, 0.25) is 0 Å². The Morgan fingerprint density at radius 1 is 0.631 bits per heavy atom. The Morgan fingerprint density at radius 3 is 1.49 bits per heavy atom. The molecule has 7 amide bonds. The summed E-state index contributed by atoms with van der Waals surface area (Å²) in [7, 11) is -0.729. The van der Waals surface area contributed by atoms with E-state index in [1.54, 1.807) is 22.8 Å². The molecule has 466 valence electrons. The van der Waals surface area contributed by atoms with Crippen molar-refractivity contribution in [2.75, 3.05) is 104 Å². The third-order valence-electron chi connectivity index (χ3n) is 12.8. The maximum absolute atomic E-state index is 12.7. The lowest BCUT2D eigenvalue weighted by molar-refractivity contribution is -0.122. The normalized spacial score (nSPS) is 19.2. The molecular formula is C54H79FN8O17P2S2. The molecule has 4 heterocycles. The van der Waals surface area contributed by atoms with Gasteiger partial charge in [0, 0.05) is 72.2 Å². The van der Waals surface area contributed by atoms with Gasteiger partial charge in [0.1, 0.15) is 17.1 Å². The summed E-state index contributed by atoms with van der Waals surface area (Å²) >= 11 is 3.79. The van der Waals surface area contributed by atoms with Crippen LogP contribution in [0.15, 0.2) is 36.4 Å². The van der Waals surface area contributed by atoms with E-state index in [4.69, 9.17) is 34.2 Å². The van der Waals surface area contributed by atoms with E-state index >= 15 is 0 Å². The highest BCUT2D eigenvalue weighted by Crippen LogP contribution is 2.48. The molecular weight excluding hydrogens is 1180 g/mol. The molecule has 8 unspecified atom stereocenters. The number of Topliss-reactive ketones (excluding diaryl/α,β-unsaturated/α-hetero) is 2. The summed E-state index contributed by atoms with van der Waals surface area (Å²) in [6.07, 6.45) is 6.97. The summed E-state index contributed by atoms with van der Waals surface area (Å²) in [4.78, 5) is 115. The molecule has 0 bridgehead atoms. The Kier molecular flexibility index (Phi) is 34.4. The standard InChI is InChI=1S/C27H38N4O8S.C16H30N4O4S.C11H11FO5P2/c1-2-39-22-8-7-18(21(33)16-32)15-19(22)26(35)29-10-12-38-14-13-37-11-9-28-24(34)6-4-3-5-23-25-20(17-40-23)30-27(36)31-25;17-5-7-23-9-10-24-8-6-18-14(21)4-2-1-3-13-15-12(11-25-13)19-16(22)20-15;1-2-16-10-4-3-7(9(14)6-13)5-8(10)11(15)17-19(12)18/h7-8,15-16,20,23,25H,2-6,9-14,17H2,1H3,(H,28,34)(H,29,35)(H2,30,31,36);12-13,15H,1-11,17H2,(H,18,21)(H2,19,20,22);3-6H,2,18H2,1H3. The molecule has 4 fully saturated rings. The first kappa shape index (κ1) is 70.9. The quantitative estimate of drug-likeness (QED) is 0.0119. The number of carbonyl (C=O) groups is 10. The monoisotopic (exact) mass is 1260 g/mol.